The van der Waals surface area contributed by atoms with Gasteiger partial charge in [-0.1, -0.05) is 13.8 Å². The second kappa shape index (κ2) is 7.80. The molecule has 0 amide bonds. The van der Waals surface area contributed by atoms with E-state index in [1.165, 1.54) is 25.7 Å². The molecular formula is C16H30N4O. The Labute approximate surface area is 128 Å². The van der Waals surface area contributed by atoms with Crippen molar-refractivity contribution in [3.05, 3.63) is 11.9 Å². The molecule has 1 heterocycles. The quantitative estimate of drug-likeness (QED) is 0.675. The predicted molar refractivity (Wildman–Crippen MR) is 86.4 cm³/mol. The van der Waals surface area contributed by atoms with E-state index in [1.807, 2.05) is 20.0 Å². The average Bonchev–Trinajstić information content (AvgIpc) is 2.53. The zero-order chi connectivity index (χ0) is 15.2. The fourth-order valence-corrected chi connectivity index (χ4v) is 3.17. The molecule has 0 bridgehead atoms. The first-order valence-corrected chi connectivity index (χ1v) is 8.20. The molecule has 0 unspecified atom stereocenters. The number of nitrogens with one attached hydrogen (secondary N) is 2. The third-order valence-electron chi connectivity index (χ3n) is 4.62. The normalized spacial score (nSPS) is 28.6. The molecule has 0 aromatic heterocycles. The lowest BCUT2D eigenvalue weighted by Gasteiger charge is -2.38. The van der Waals surface area contributed by atoms with Crippen LogP contribution in [0.4, 0.5) is 0 Å². The third-order valence-corrected chi connectivity index (χ3v) is 4.62. The first-order chi connectivity index (χ1) is 10.1. The molecular weight excluding hydrogens is 264 g/mol. The minimum atomic E-state index is 0.181. The number of ether oxygens (including phenoxy) is 1. The lowest BCUT2D eigenvalue weighted by Crippen LogP contribution is -2.46. The molecule has 120 valence electrons. The van der Waals surface area contributed by atoms with Crippen molar-refractivity contribution in [2.45, 2.75) is 51.6 Å². The second-order valence-corrected chi connectivity index (χ2v) is 6.49. The Hall–Kier alpha value is -1.07. The van der Waals surface area contributed by atoms with Gasteiger partial charge in [0.25, 0.3) is 0 Å². The van der Waals surface area contributed by atoms with Gasteiger partial charge >= 0.3 is 0 Å². The van der Waals surface area contributed by atoms with Crippen molar-refractivity contribution >= 4 is 5.71 Å². The van der Waals surface area contributed by atoms with E-state index < -0.39 is 0 Å². The molecule has 4 N–H and O–H groups in total. The summed E-state index contributed by atoms with van der Waals surface area (Å²) in [5.74, 6) is 0.181. The number of nitrogens with two attached hydrogens (primary N) is 1. The molecule has 0 radical (unpaired) electrons. The molecule has 2 fully saturated rings. The molecule has 0 aromatic rings. The minimum absolute atomic E-state index is 0.181. The highest BCUT2D eigenvalue weighted by molar-refractivity contribution is 5.98. The summed E-state index contributed by atoms with van der Waals surface area (Å²) in [6, 6.07) is 1.23. The second-order valence-electron chi connectivity index (χ2n) is 6.49. The molecule has 2 rings (SSSR count). The van der Waals surface area contributed by atoms with Crippen LogP contribution in [0.3, 0.4) is 0 Å². The van der Waals surface area contributed by atoms with Gasteiger partial charge in [-0.15, -0.1) is 0 Å². The Bertz CT molecular complexity index is 366. The topological polar surface area (TPSA) is 74.4 Å². The van der Waals surface area contributed by atoms with Gasteiger partial charge in [0.1, 0.15) is 0 Å². The van der Waals surface area contributed by atoms with E-state index in [1.54, 1.807) is 0 Å². The van der Waals surface area contributed by atoms with Crippen molar-refractivity contribution < 1.29 is 4.74 Å². The molecule has 21 heavy (non-hydrogen) atoms. The fourth-order valence-electron chi connectivity index (χ4n) is 3.17. The lowest BCUT2D eigenvalue weighted by molar-refractivity contribution is 0.00690. The molecule has 1 saturated carbocycles. The summed E-state index contributed by atoms with van der Waals surface area (Å²) < 4.78 is 5.42. The molecule has 1 aliphatic heterocycles. The molecule has 0 spiro atoms. The Balaban J connectivity index is 1.73. The molecule has 0 atom stereocenters. The van der Waals surface area contributed by atoms with Crippen LogP contribution in [0.1, 0.15) is 39.5 Å². The van der Waals surface area contributed by atoms with Crippen LogP contribution in [-0.2, 0) is 4.74 Å². The van der Waals surface area contributed by atoms with Crippen LogP contribution in [0.2, 0.25) is 0 Å². The number of morpholine rings is 1. The van der Waals surface area contributed by atoms with E-state index >= 15 is 0 Å². The summed E-state index contributed by atoms with van der Waals surface area (Å²) in [4.78, 5) is 2.58. The van der Waals surface area contributed by atoms with Crippen molar-refractivity contribution in [1.29, 1.82) is 5.41 Å². The van der Waals surface area contributed by atoms with E-state index in [9.17, 15) is 0 Å². The van der Waals surface area contributed by atoms with Crippen molar-refractivity contribution in [3.63, 3.8) is 0 Å². The van der Waals surface area contributed by atoms with Gasteiger partial charge in [-0.3, -0.25) is 4.90 Å². The fraction of sp³-hybridized carbons (Fsp3) is 0.812. The smallest absolute Gasteiger partial charge is 0.0687 e. The van der Waals surface area contributed by atoms with Gasteiger partial charge in [0.2, 0.25) is 0 Å². The van der Waals surface area contributed by atoms with Crippen molar-refractivity contribution in [2.75, 3.05) is 26.3 Å². The number of allylic oxidation sites excluding steroid dienone is 1. The van der Waals surface area contributed by atoms with Gasteiger partial charge in [-0.2, -0.15) is 0 Å². The highest BCUT2D eigenvalue weighted by Gasteiger charge is 2.26. The third kappa shape index (κ3) is 4.71. The van der Waals surface area contributed by atoms with Gasteiger partial charge in [-0.25, -0.2) is 0 Å². The van der Waals surface area contributed by atoms with Gasteiger partial charge in [0, 0.05) is 31.4 Å². The highest BCUT2D eigenvalue weighted by atomic mass is 16.5. The Morgan fingerprint density at radius 3 is 2.43 bits per heavy atom. The predicted octanol–water partition coefficient (Wildman–Crippen LogP) is 1.70. The van der Waals surface area contributed by atoms with Crippen LogP contribution in [0, 0.1) is 11.3 Å². The van der Waals surface area contributed by atoms with Crippen LogP contribution < -0.4 is 11.1 Å². The number of hydrogen-bond acceptors (Lipinski definition) is 5. The van der Waals surface area contributed by atoms with E-state index in [-0.39, 0.29) is 5.92 Å². The Morgan fingerprint density at radius 1 is 1.24 bits per heavy atom. The summed E-state index contributed by atoms with van der Waals surface area (Å²) in [6.45, 7) is 7.93. The summed E-state index contributed by atoms with van der Waals surface area (Å²) in [5.41, 5.74) is 7.02. The maximum atomic E-state index is 7.88. The summed E-state index contributed by atoms with van der Waals surface area (Å²) in [5, 5.41) is 11.3. The van der Waals surface area contributed by atoms with Crippen molar-refractivity contribution in [2.24, 2.45) is 11.7 Å². The molecule has 1 aliphatic carbocycles. The average molecular weight is 294 g/mol. The SMILES string of the molecule is CC(C)C(=N)/C(N)=C\N[C@H]1CC[C@H](N2CCOCC2)CC1. The van der Waals surface area contributed by atoms with Crippen LogP contribution in [0.15, 0.2) is 11.9 Å². The van der Waals surface area contributed by atoms with Crippen LogP contribution in [0.25, 0.3) is 0 Å². The van der Waals surface area contributed by atoms with E-state index in [0.717, 1.165) is 32.3 Å². The minimum Gasteiger partial charge on any atom is -0.396 e. The van der Waals surface area contributed by atoms with Crippen LogP contribution >= 0.6 is 0 Å². The molecule has 5 nitrogen and oxygen atoms in total. The Morgan fingerprint density at radius 2 is 1.86 bits per heavy atom. The monoisotopic (exact) mass is 294 g/mol. The summed E-state index contributed by atoms with van der Waals surface area (Å²) in [7, 11) is 0. The highest BCUT2D eigenvalue weighted by Crippen LogP contribution is 2.24. The van der Waals surface area contributed by atoms with E-state index in [2.05, 4.69) is 10.2 Å². The number of rotatable bonds is 5. The van der Waals surface area contributed by atoms with Gasteiger partial charge < -0.3 is 21.2 Å². The van der Waals surface area contributed by atoms with Crippen LogP contribution in [0.5, 0.6) is 0 Å². The van der Waals surface area contributed by atoms with Gasteiger partial charge in [0.05, 0.1) is 24.6 Å². The van der Waals surface area contributed by atoms with E-state index in [4.69, 9.17) is 15.9 Å². The largest absolute Gasteiger partial charge is 0.396 e. The van der Waals surface area contributed by atoms with Crippen molar-refractivity contribution in [1.82, 2.24) is 10.2 Å². The summed E-state index contributed by atoms with van der Waals surface area (Å²) in [6.07, 6.45) is 6.68. The number of hydrogen-bond donors (Lipinski definition) is 3. The molecule has 5 heteroatoms. The van der Waals surface area contributed by atoms with Crippen molar-refractivity contribution in [3.8, 4) is 0 Å². The standard InChI is InChI=1S/C16H30N4O/c1-12(2)16(18)15(17)11-19-13-3-5-14(6-4-13)20-7-9-21-10-8-20/h11-14,18-19H,3-10,17H2,1-2H3/b15-11+,18-16?/t13-,14-. The molecule has 2 aliphatic rings. The Kier molecular flexibility index (Phi) is 6.06. The van der Waals surface area contributed by atoms with E-state index in [0.29, 0.717) is 17.5 Å². The molecule has 1 saturated heterocycles. The zero-order valence-electron chi connectivity index (χ0n) is 13.4. The molecule has 0 aromatic carbocycles. The number of nitrogens with zero attached hydrogens (tertiary/aromatic N) is 1. The van der Waals surface area contributed by atoms with Gasteiger partial charge in [-0.05, 0) is 31.6 Å². The first-order valence-electron chi connectivity index (χ1n) is 8.20. The lowest BCUT2D eigenvalue weighted by atomic mass is 9.90. The maximum absolute atomic E-state index is 7.88. The van der Waals surface area contributed by atoms with Crippen LogP contribution in [-0.4, -0.2) is 49.0 Å². The first kappa shape index (κ1) is 16.3. The maximum Gasteiger partial charge on any atom is 0.0687 e. The zero-order valence-corrected chi connectivity index (χ0v) is 13.4. The van der Waals surface area contributed by atoms with Gasteiger partial charge in [0.15, 0.2) is 0 Å². The summed E-state index contributed by atoms with van der Waals surface area (Å²) >= 11 is 0.